The molecule has 0 aromatic heterocycles. The van der Waals surface area contributed by atoms with E-state index < -0.39 is 53.9 Å². The number of nitro groups is 1. The van der Waals surface area contributed by atoms with Crippen LogP contribution in [0.3, 0.4) is 0 Å². The highest BCUT2D eigenvalue weighted by molar-refractivity contribution is 6.34. The second-order valence-electron chi connectivity index (χ2n) is 6.23. The zero-order valence-corrected chi connectivity index (χ0v) is 16.1. The van der Waals surface area contributed by atoms with Gasteiger partial charge in [-0.2, -0.15) is 13.2 Å². The molecule has 1 unspecified atom stereocenters. The van der Waals surface area contributed by atoms with Crippen molar-refractivity contribution in [3.05, 3.63) is 38.9 Å². The predicted molar refractivity (Wildman–Crippen MR) is 96.3 cm³/mol. The van der Waals surface area contributed by atoms with E-state index in [1.165, 1.54) is 0 Å². The van der Waals surface area contributed by atoms with E-state index in [2.05, 4.69) is 10.6 Å². The van der Waals surface area contributed by atoms with Crippen LogP contribution < -0.4 is 16.0 Å². The average molecular weight is 439 g/mol. The Kier molecular flexibility index (Phi) is 8.37. The number of nitro benzene ring substituents is 1. The first-order valence-corrected chi connectivity index (χ1v) is 8.55. The fourth-order valence-electron chi connectivity index (χ4n) is 2.09. The minimum absolute atomic E-state index is 0.112. The van der Waals surface area contributed by atoms with E-state index in [1.807, 2.05) is 0 Å². The van der Waals surface area contributed by atoms with Crippen LogP contribution in [-0.2, 0) is 9.59 Å². The summed E-state index contributed by atoms with van der Waals surface area (Å²) in [6.07, 6.45) is -4.59. The maximum Gasteiger partial charge on any atom is 0.405 e. The Balaban J connectivity index is 2.75. The molecule has 0 saturated heterocycles. The number of halogens is 4. The highest BCUT2D eigenvalue weighted by Gasteiger charge is 2.29. The molecule has 0 radical (unpaired) electrons. The molecule has 1 rings (SSSR count). The molecule has 9 nitrogen and oxygen atoms in total. The Morgan fingerprint density at radius 3 is 2.31 bits per heavy atom. The van der Waals surface area contributed by atoms with Crippen LogP contribution in [0.5, 0.6) is 0 Å². The predicted octanol–water partition coefficient (Wildman–Crippen LogP) is 1.80. The van der Waals surface area contributed by atoms with Gasteiger partial charge in [-0.1, -0.05) is 25.4 Å². The summed E-state index contributed by atoms with van der Waals surface area (Å²) in [4.78, 5) is 46.0. The SMILES string of the molecule is CC(C)C(NC(=O)c1ccc([N+](=O)[O-])cc1Cl)C(=O)NCC(=O)NCC(F)(F)F. The topological polar surface area (TPSA) is 130 Å². The summed E-state index contributed by atoms with van der Waals surface area (Å²) in [7, 11) is 0. The van der Waals surface area contributed by atoms with E-state index in [0.29, 0.717) is 0 Å². The molecule has 0 bridgehead atoms. The van der Waals surface area contributed by atoms with Gasteiger partial charge in [0.05, 0.1) is 22.1 Å². The van der Waals surface area contributed by atoms with Crippen LogP contribution in [0.2, 0.25) is 5.02 Å². The number of hydrogen-bond donors (Lipinski definition) is 3. The number of rotatable bonds is 8. The summed E-state index contributed by atoms with van der Waals surface area (Å²) in [5.41, 5.74) is -0.437. The number of benzene rings is 1. The number of non-ortho nitro benzene ring substituents is 1. The zero-order valence-electron chi connectivity index (χ0n) is 15.3. The van der Waals surface area contributed by atoms with Crippen LogP contribution in [0.25, 0.3) is 0 Å². The number of nitrogens with zero attached hydrogens (tertiary/aromatic N) is 1. The number of amides is 3. The van der Waals surface area contributed by atoms with Crippen molar-refractivity contribution in [1.82, 2.24) is 16.0 Å². The lowest BCUT2D eigenvalue weighted by Crippen LogP contribution is -2.51. The van der Waals surface area contributed by atoms with Crippen molar-refractivity contribution < 1.29 is 32.5 Å². The maximum atomic E-state index is 12.4. The average Bonchev–Trinajstić information content (AvgIpc) is 2.61. The highest BCUT2D eigenvalue weighted by atomic mass is 35.5. The van der Waals surface area contributed by atoms with Gasteiger partial charge in [0.15, 0.2) is 0 Å². The molecule has 0 heterocycles. The van der Waals surface area contributed by atoms with Gasteiger partial charge in [0.2, 0.25) is 11.8 Å². The third-order valence-electron chi connectivity index (χ3n) is 3.55. The third-order valence-corrected chi connectivity index (χ3v) is 3.87. The molecular weight excluding hydrogens is 421 g/mol. The van der Waals surface area contributed by atoms with Gasteiger partial charge >= 0.3 is 6.18 Å². The molecule has 3 amide bonds. The normalized spacial score (nSPS) is 12.2. The summed E-state index contributed by atoms with van der Waals surface area (Å²) in [5.74, 6) is -3.09. The van der Waals surface area contributed by atoms with Crippen LogP contribution in [0.15, 0.2) is 18.2 Å². The number of carbonyl (C=O) groups excluding carboxylic acids is 3. The summed E-state index contributed by atoms with van der Waals surface area (Å²) >= 11 is 5.87. The molecule has 160 valence electrons. The highest BCUT2D eigenvalue weighted by Crippen LogP contribution is 2.22. The lowest BCUT2D eigenvalue weighted by atomic mass is 10.0. The van der Waals surface area contributed by atoms with Crippen molar-refractivity contribution in [3.8, 4) is 0 Å². The minimum atomic E-state index is -4.59. The second kappa shape index (κ2) is 10.0. The minimum Gasteiger partial charge on any atom is -0.345 e. The van der Waals surface area contributed by atoms with Crippen LogP contribution in [0, 0.1) is 16.0 Å². The Bertz CT molecular complexity index is 801. The first kappa shape index (κ1) is 24.1. The van der Waals surface area contributed by atoms with E-state index in [-0.39, 0.29) is 16.3 Å². The molecule has 1 aromatic rings. The molecule has 1 atom stereocenters. The zero-order chi connectivity index (χ0) is 22.4. The summed E-state index contributed by atoms with van der Waals surface area (Å²) in [6.45, 7) is 0.925. The fourth-order valence-corrected chi connectivity index (χ4v) is 2.35. The van der Waals surface area contributed by atoms with E-state index in [4.69, 9.17) is 11.6 Å². The van der Waals surface area contributed by atoms with Gasteiger partial charge in [-0.15, -0.1) is 0 Å². The number of nitrogens with one attached hydrogen (secondary N) is 3. The first-order chi connectivity index (χ1) is 13.3. The molecule has 1 aromatic carbocycles. The van der Waals surface area contributed by atoms with Crippen LogP contribution in [0.1, 0.15) is 24.2 Å². The molecule has 0 spiro atoms. The van der Waals surface area contributed by atoms with Crippen molar-refractivity contribution in [3.63, 3.8) is 0 Å². The van der Waals surface area contributed by atoms with Crippen molar-refractivity contribution in [2.75, 3.05) is 13.1 Å². The van der Waals surface area contributed by atoms with E-state index in [0.717, 1.165) is 18.2 Å². The maximum absolute atomic E-state index is 12.4. The lowest BCUT2D eigenvalue weighted by Gasteiger charge is -2.22. The standard InChI is InChI=1S/C16H18ClF3N4O5/c1-8(2)13(15(27)21-6-12(25)22-7-16(18,19)20)23-14(26)10-4-3-9(24(28)29)5-11(10)17/h3-5,8,13H,6-7H2,1-2H3,(H,21,27)(H,22,25)(H,23,26). The quantitative estimate of drug-likeness (QED) is 0.421. The molecule has 0 aliphatic rings. The Labute approximate surface area is 168 Å². The number of carbonyl (C=O) groups is 3. The monoisotopic (exact) mass is 438 g/mol. The molecule has 0 aliphatic carbocycles. The van der Waals surface area contributed by atoms with Gasteiger partial charge in [0.25, 0.3) is 11.6 Å². The van der Waals surface area contributed by atoms with E-state index in [9.17, 15) is 37.7 Å². The van der Waals surface area contributed by atoms with Crippen LogP contribution in [-0.4, -0.2) is 48.0 Å². The van der Waals surface area contributed by atoms with Crippen molar-refractivity contribution >= 4 is 35.0 Å². The van der Waals surface area contributed by atoms with E-state index in [1.54, 1.807) is 19.2 Å². The van der Waals surface area contributed by atoms with Gasteiger partial charge < -0.3 is 16.0 Å². The first-order valence-electron chi connectivity index (χ1n) is 8.17. The molecule has 0 aliphatic heterocycles. The molecule has 0 fully saturated rings. The van der Waals surface area contributed by atoms with Crippen LogP contribution in [0.4, 0.5) is 18.9 Å². The molecule has 29 heavy (non-hydrogen) atoms. The van der Waals surface area contributed by atoms with Gasteiger partial charge in [-0.05, 0) is 12.0 Å². The van der Waals surface area contributed by atoms with Crippen LogP contribution >= 0.6 is 11.6 Å². The Hall–Kier alpha value is -2.89. The molecular formula is C16H18ClF3N4O5. The van der Waals surface area contributed by atoms with Gasteiger partial charge in [-0.25, -0.2) is 0 Å². The van der Waals surface area contributed by atoms with Gasteiger partial charge in [0, 0.05) is 12.1 Å². The Morgan fingerprint density at radius 2 is 1.83 bits per heavy atom. The van der Waals surface area contributed by atoms with E-state index >= 15 is 0 Å². The van der Waals surface area contributed by atoms with Crippen molar-refractivity contribution in [1.29, 1.82) is 0 Å². The molecule has 0 saturated carbocycles. The Morgan fingerprint density at radius 1 is 1.21 bits per heavy atom. The summed E-state index contributed by atoms with van der Waals surface area (Å²) in [6, 6.07) is 2.03. The van der Waals surface area contributed by atoms with Crippen molar-refractivity contribution in [2.24, 2.45) is 5.92 Å². The number of alkyl halides is 3. The molecule has 3 N–H and O–H groups in total. The number of hydrogen-bond acceptors (Lipinski definition) is 5. The summed E-state index contributed by atoms with van der Waals surface area (Å²) < 4.78 is 36.2. The fraction of sp³-hybridized carbons (Fsp3) is 0.438. The summed E-state index contributed by atoms with van der Waals surface area (Å²) in [5, 5.41) is 16.6. The van der Waals surface area contributed by atoms with Gasteiger partial charge in [-0.3, -0.25) is 24.5 Å². The second-order valence-corrected chi connectivity index (χ2v) is 6.63. The molecule has 13 heteroatoms. The van der Waals surface area contributed by atoms with Crippen molar-refractivity contribution in [2.45, 2.75) is 26.1 Å². The smallest absolute Gasteiger partial charge is 0.345 e. The third kappa shape index (κ3) is 7.94. The van der Waals surface area contributed by atoms with Gasteiger partial charge in [0.1, 0.15) is 12.6 Å². The lowest BCUT2D eigenvalue weighted by molar-refractivity contribution is -0.384. The largest absolute Gasteiger partial charge is 0.405 e.